The number of carboxylic acids is 2. The van der Waals surface area contributed by atoms with Gasteiger partial charge in [-0.25, -0.2) is 0 Å². The minimum Gasteiger partial charge on any atom is -0.480 e. The SMILES string of the molecule is N[C@@H](CCC(=O)N[C@@H](CS)C(=O)NCC(=O)O)C(=O)O.[Na]. The molecule has 21 heavy (non-hydrogen) atoms. The molecule has 2 atom stereocenters. The smallest absolute Gasteiger partial charge is 0.322 e. The molecule has 0 aliphatic heterocycles. The molecule has 0 aromatic carbocycles. The fourth-order valence-corrected chi connectivity index (χ4v) is 1.41. The Bertz CT molecular complexity index is 395. The minimum absolute atomic E-state index is 0. The van der Waals surface area contributed by atoms with Crippen molar-refractivity contribution in [3.8, 4) is 0 Å². The molecule has 0 aliphatic carbocycles. The number of thiol groups is 1. The van der Waals surface area contributed by atoms with E-state index in [2.05, 4.69) is 23.3 Å². The van der Waals surface area contributed by atoms with Crippen molar-refractivity contribution < 1.29 is 29.4 Å². The van der Waals surface area contributed by atoms with Crippen molar-refractivity contribution in [1.29, 1.82) is 0 Å². The quantitative estimate of drug-likeness (QED) is 0.200. The van der Waals surface area contributed by atoms with Crippen LogP contribution in [-0.4, -0.2) is 87.9 Å². The van der Waals surface area contributed by atoms with Crippen LogP contribution in [0.3, 0.4) is 0 Å². The van der Waals surface area contributed by atoms with Crippen LogP contribution < -0.4 is 16.4 Å². The van der Waals surface area contributed by atoms with E-state index in [1.807, 2.05) is 0 Å². The van der Waals surface area contributed by atoms with Crippen molar-refractivity contribution in [2.24, 2.45) is 5.73 Å². The summed E-state index contributed by atoms with van der Waals surface area (Å²) >= 11 is 3.87. The van der Waals surface area contributed by atoms with Crippen LogP contribution in [0.4, 0.5) is 0 Å². The Hall–Kier alpha value is -0.810. The molecule has 0 saturated heterocycles. The third-order valence-corrected chi connectivity index (χ3v) is 2.61. The first-order valence-corrected chi connectivity index (χ1v) is 6.29. The molecule has 2 amide bonds. The zero-order chi connectivity index (χ0) is 15.7. The van der Waals surface area contributed by atoms with E-state index in [-0.39, 0.29) is 48.2 Å². The molecule has 0 aromatic heterocycles. The topological polar surface area (TPSA) is 159 Å². The summed E-state index contributed by atoms with van der Waals surface area (Å²) in [6, 6.07) is -2.15. The van der Waals surface area contributed by atoms with E-state index in [4.69, 9.17) is 15.9 Å². The summed E-state index contributed by atoms with van der Waals surface area (Å²) in [7, 11) is 0. The molecule has 0 spiro atoms. The maximum atomic E-state index is 11.5. The predicted molar refractivity (Wildman–Crippen MR) is 77.0 cm³/mol. The second-order valence-corrected chi connectivity index (χ2v) is 4.26. The zero-order valence-corrected chi connectivity index (χ0v) is 14.4. The van der Waals surface area contributed by atoms with E-state index in [9.17, 15) is 19.2 Å². The first-order valence-electron chi connectivity index (χ1n) is 5.66. The molecule has 1 radical (unpaired) electrons. The summed E-state index contributed by atoms with van der Waals surface area (Å²) in [5.74, 6) is -3.70. The van der Waals surface area contributed by atoms with E-state index < -0.39 is 42.4 Å². The maximum absolute atomic E-state index is 11.5. The van der Waals surface area contributed by atoms with Gasteiger partial charge in [-0.05, 0) is 6.42 Å². The van der Waals surface area contributed by atoms with Crippen LogP contribution in [0.5, 0.6) is 0 Å². The molecule has 11 heteroatoms. The van der Waals surface area contributed by atoms with Gasteiger partial charge in [-0.1, -0.05) is 0 Å². The van der Waals surface area contributed by atoms with Gasteiger partial charge in [0.25, 0.3) is 0 Å². The fourth-order valence-electron chi connectivity index (χ4n) is 1.16. The minimum atomic E-state index is -1.22. The van der Waals surface area contributed by atoms with Gasteiger partial charge in [-0.2, -0.15) is 12.6 Å². The van der Waals surface area contributed by atoms with Crippen LogP contribution in [0.2, 0.25) is 0 Å². The normalized spacial score (nSPS) is 12.5. The number of hydrogen-bond donors (Lipinski definition) is 6. The molecule has 0 aromatic rings. The second-order valence-electron chi connectivity index (χ2n) is 3.90. The number of hydrogen-bond acceptors (Lipinski definition) is 6. The van der Waals surface area contributed by atoms with Crippen molar-refractivity contribution in [2.75, 3.05) is 12.3 Å². The van der Waals surface area contributed by atoms with Gasteiger partial charge in [0, 0.05) is 41.7 Å². The van der Waals surface area contributed by atoms with Gasteiger partial charge >= 0.3 is 11.9 Å². The van der Waals surface area contributed by atoms with E-state index >= 15 is 0 Å². The van der Waals surface area contributed by atoms with Gasteiger partial charge in [0.15, 0.2) is 0 Å². The Labute approximate surface area is 148 Å². The number of nitrogens with one attached hydrogen (secondary N) is 2. The number of amides is 2. The summed E-state index contributed by atoms with van der Waals surface area (Å²) in [5, 5.41) is 21.4. The molecule has 0 saturated carbocycles. The van der Waals surface area contributed by atoms with Crippen molar-refractivity contribution in [3.63, 3.8) is 0 Å². The van der Waals surface area contributed by atoms with Crippen molar-refractivity contribution in [2.45, 2.75) is 24.9 Å². The van der Waals surface area contributed by atoms with Crippen molar-refractivity contribution in [1.82, 2.24) is 10.6 Å². The monoisotopic (exact) mass is 330 g/mol. The molecule has 6 N–H and O–H groups in total. The molecule has 0 unspecified atom stereocenters. The number of carbonyl (C=O) groups excluding carboxylic acids is 2. The van der Waals surface area contributed by atoms with Crippen LogP contribution in [0.15, 0.2) is 0 Å². The third kappa shape index (κ3) is 10.5. The Morgan fingerprint density at radius 1 is 1.19 bits per heavy atom. The summed E-state index contributed by atoms with van der Waals surface area (Å²) in [6.45, 7) is -0.567. The second kappa shape index (κ2) is 11.8. The molecule has 115 valence electrons. The number of aliphatic carboxylic acids is 2. The molecule has 9 nitrogen and oxygen atoms in total. The fraction of sp³-hybridized carbons (Fsp3) is 0.600. The van der Waals surface area contributed by atoms with Gasteiger partial charge in [0.2, 0.25) is 11.8 Å². The van der Waals surface area contributed by atoms with E-state index in [0.717, 1.165) is 0 Å². The Morgan fingerprint density at radius 3 is 2.19 bits per heavy atom. The molecule has 0 heterocycles. The standard InChI is InChI=1S/C10H17N3O6S.Na/c11-5(10(18)19)1-2-7(14)13-6(4-20)9(17)12-3-8(15)16;/h5-6,20H,1-4,11H2,(H,12,17)(H,13,14)(H,15,16)(H,18,19);/t5-,6-;/m0./s1. The molecule has 0 bridgehead atoms. The predicted octanol–water partition coefficient (Wildman–Crippen LogP) is -2.59. The molecule has 0 rings (SSSR count). The van der Waals surface area contributed by atoms with Crippen LogP contribution in [0, 0.1) is 0 Å². The molecular formula is C10H17N3NaO6S. The van der Waals surface area contributed by atoms with Crippen LogP contribution in [-0.2, 0) is 19.2 Å². The third-order valence-electron chi connectivity index (χ3n) is 2.25. The molecule has 0 aliphatic rings. The average molecular weight is 330 g/mol. The maximum Gasteiger partial charge on any atom is 0.322 e. The van der Waals surface area contributed by atoms with Gasteiger partial charge in [-0.3, -0.25) is 19.2 Å². The van der Waals surface area contributed by atoms with Crippen molar-refractivity contribution >= 4 is 65.9 Å². The average Bonchev–Trinajstić information content (AvgIpc) is 2.38. The number of nitrogens with two attached hydrogens (primary N) is 1. The van der Waals surface area contributed by atoms with E-state index in [0.29, 0.717) is 0 Å². The number of rotatable bonds is 9. The Morgan fingerprint density at radius 2 is 1.76 bits per heavy atom. The summed E-state index contributed by atoms with van der Waals surface area (Å²) in [5.41, 5.74) is 5.23. The van der Waals surface area contributed by atoms with E-state index in [1.165, 1.54) is 0 Å². The Balaban J connectivity index is 0. The van der Waals surface area contributed by atoms with Crippen molar-refractivity contribution in [3.05, 3.63) is 0 Å². The number of carboxylic acid groups (broad SMARTS) is 2. The molecular weight excluding hydrogens is 313 g/mol. The van der Waals surface area contributed by atoms with Crippen LogP contribution in [0.25, 0.3) is 0 Å². The largest absolute Gasteiger partial charge is 0.480 e. The van der Waals surface area contributed by atoms with Crippen LogP contribution in [0.1, 0.15) is 12.8 Å². The Kier molecular flexibility index (Phi) is 12.6. The van der Waals surface area contributed by atoms with Gasteiger partial charge in [-0.15, -0.1) is 0 Å². The first-order chi connectivity index (χ1) is 9.27. The number of carbonyl (C=O) groups is 4. The van der Waals surface area contributed by atoms with Gasteiger partial charge in [0.1, 0.15) is 18.6 Å². The van der Waals surface area contributed by atoms with Gasteiger partial charge in [0.05, 0.1) is 0 Å². The zero-order valence-electron chi connectivity index (χ0n) is 11.5. The summed E-state index contributed by atoms with van der Waals surface area (Å²) in [6.07, 6.45) is -0.235. The van der Waals surface area contributed by atoms with E-state index in [1.54, 1.807) is 0 Å². The van der Waals surface area contributed by atoms with Crippen LogP contribution >= 0.6 is 12.6 Å². The van der Waals surface area contributed by atoms with Gasteiger partial charge < -0.3 is 26.6 Å². The summed E-state index contributed by atoms with van der Waals surface area (Å²) < 4.78 is 0. The molecule has 0 fully saturated rings. The summed E-state index contributed by atoms with van der Waals surface area (Å²) in [4.78, 5) is 43.7. The first kappa shape index (κ1) is 22.5.